The average Bonchev–Trinajstić information content (AvgIpc) is 2.03. The van der Waals surface area contributed by atoms with Crippen LogP contribution in [0.1, 0.15) is 6.92 Å². The number of hydrogen-bond acceptors (Lipinski definition) is 4. The maximum absolute atomic E-state index is 10.9. The molecule has 12 heavy (non-hydrogen) atoms. The van der Waals surface area contributed by atoms with Crippen molar-refractivity contribution < 1.29 is 19.5 Å². The third kappa shape index (κ3) is 1.39. The minimum absolute atomic E-state index is 0.239. The Kier molecular flexibility index (Phi) is 2.30. The SMILES string of the molecule is CC1C(N)C(=O)N1OCC(=O)O. The van der Waals surface area contributed by atoms with Crippen LogP contribution in [0.15, 0.2) is 0 Å². The highest BCUT2D eigenvalue weighted by molar-refractivity contribution is 5.88. The van der Waals surface area contributed by atoms with Crippen molar-refractivity contribution in [1.82, 2.24) is 5.06 Å². The standard InChI is InChI=1S/C6H10N2O4/c1-3-5(7)6(11)8(3)12-2-4(9)10/h3,5H,2,7H2,1H3,(H,9,10). The molecule has 0 bridgehead atoms. The number of carbonyl (C=O) groups excluding carboxylic acids is 1. The van der Waals surface area contributed by atoms with Crippen LogP contribution in [0.5, 0.6) is 0 Å². The van der Waals surface area contributed by atoms with E-state index < -0.39 is 18.6 Å². The summed E-state index contributed by atoms with van der Waals surface area (Å²) in [5, 5.41) is 9.21. The molecule has 1 aliphatic heterocycles. The van der Waals surface area contributed by atoms with Crippen LogP contribution in [-0.4, -0.2) is 40.7 Å². The van der Waals surface area contributed by atoms with Crippen molar-refractivity contribution >= 4 is 11.9 Å². The first-order chi connectivity index (χ1) is 5.54. The Hall–Kier alpha value is -1.14. The van der Waals surface area contributed by atoms with Crippen LogP contribution >= 0.6 is 0 Å². The third-order valence-electron chi connectivity index (χ3n) is 1.72. The summed E-state index contributed by atoms with van der Waals surface area (Å²) in [5.41, 5.74) is 5.34. The summed E-state index contributed by atoms with van der Waals surface area (Å²) in [5.74, 6) is -1.49. The fraction of sp³-hybridized carbons (Fsp3) is 0.667. The Bertz CT molecular complexity index is 218. The van der Waals surface area contributed by atoms with Crippen molar-refractivity contribution in [3.8, 4) is 0 Å². The molecule has 0 saturated carbocycles. The van der Waals surface area contributed by atoms with Gasteiger partial charge in [-0.2, -0.15) is 0 Å². The highest BCUT2D eigenvalue weighted by Crippen LogP contribution is 2.17. The van der Waals surface area contributed by atoms with Crippen LogP contribution in [0.25, 0.3) is 0 Å². The lowest BCUT2D eigenvalue weighted by atomic mass is 10.0. The monoisotopic (exact) mass is 174 g/mol. The minimum Gasteiger partial charge on any atom is -0.479 e. The lowest BCUT2D eigenvalue weighted by molar-refractivity contribution is -0.230. The van der Waals surface area contributed by atoms with Gasteiger partial charge in [0.2, 0.25) is 0 Å². The van der Waals surface area contributed by atoms with Crippen molar-refractivity contribution in [1.29, 1.82) is 0 Å². The average molecular weight is 174 g/mol. The molecular formula is C6H10N2O4. The Morgan fingerprint density at radius 1 is 1.83 bits per heavy atom. The van der Waals surface area contributed by atoms with Gasteiger partial charge >= 0.3 is 5.97 Å². The molecule has 6 nitrogen and oxygen atoms in total. The van der Waals surface area contributed by atoms with Gasteiger partial charge in [0.25, 0.3) is 5.91 Å². The number of β-lactam (4-membered cyclic amide) rings is 1. The lowest BCUT2D eigenvalue weighted by Crippen LogP contribution is -2.67. The molecule has 0 spiro atoms. The lowest BCUT2D eigenvalue weighted by Gasteiger charge is -2.41. The molecule has 0 aromatic carbocycles. The van der Waals surface area contributed by atoms with E-state index in [0.29, 0.717) is 0 Å². The molecule has 0 aromatic heterocycles. The van der Waals surface area contributed by atoms with Crippen molar-refractivity contribution in [2.75, 3.05) is 6.61 Å². The molecule has 3 N–H and O–H groups in total. The van der Waals surface area contributed by atoms with Crippen LogP contribution in [-0.2, 0) is 14.4 Å². The largest absolute Gasteiger partial charge is 0.479 e. The van der Waals surface area contributed by atoms with Gasteiger partial charge in [0, 0.05) is 0 Å². The number of nitrogens with two attached hydrogens (primary N) is 1. The second kappa shape index (κ2) is 3.08. The van der Waals surface area contributed by atoms with E-state index in [9.17, 15) is 9.59 Å². The molecule has 2 unspecified atom stereocenters. The summed E-state index contributed by atoms with van der Waals surface area (Å²) in [6, 6.07) is -0.796. The van der Waals surface area contributed by atoms with Gasteiger partial charge in [-0.1, -0.05) is 0 Å². The van der Waals surface area contributed by atoms with Crippen LogP contribution in [0.4, 0.5) is 0 Å². The van der Waals surface area contributed by atoms with Gasteiger partial charge in [0.05, 0.1) is 6.04 Å². The summed E-state index contributed by atoms with van der Waals surface area (Å²) < 4.78 is 0. The van der Waals surface area contributed by atoms with Gasteiger partial charge < -0.3 is 10.8 Å². The molecule has 0 aliphatic carbocycles. The van der Waals surface area contributed by atoms with Crippen molar-refractivity contribution in [3.05, 3.63) is 0 Å². The highest BCUT2D eigenvalue weighted by Gasteiger charge is 2.43. The van der Waals surface area contributed by atoms with E-state index in [0.717, 1.165) is 5.06 Å². The van der Waals surface area contributed by atoms with Gasteiger partial charge in [0.15, 0.2) is 6.61 Å². The zero-order valence-electron chi connectivity index (χ0n) is 6.56. The predicted molar refractivity (Wildman–Crippen MR) is 37.9 cm³/mol. The van der Waals surface area contributed by atoms with Crippen molar-refractivity contribution in [2.45, 2.75) is 19.0 Å². The first kappa shape index (κ1) is 8.95. The summed E-state index contributed by atoms with van der Waals surface area (Å²) in [7, 11) is 0. The zero-order valence-corrected chi connectivity index (χ0v) is 6.56. The number of carboxylic acids is 1. The Balaban J connectivity index is 2.35. The van der Waals surface area contributed by atoms with E-state index >= 15 is 0 Å². The highest BCUT2D eigenvalue weighted by atomic mass is 16.7. The molecule has 0 aromatic rings. The maximum atomic E-state index is 10.9. The van der Waals surface area contributed by atoms with Crippen molar-refractivity contribution in [2.24, 2.45) is 5.73 Å². The molecule has 0 radical (unpaired) electrons. The molecule has 6 heteroatoms. The molecule has 2 atom stereocenters. The third-order valence-corrected chi connectivity index (χ3v) is 1.72. The van der Waals surface area contributed by atoms with E-state index in [1.807, 2.05) is 0 Å². The van der Waals surface area contributed by atoms with E-state index in [4.69, 9.17) is 10.8 Å². The normalized spacial score (nSPS) is 28.5. The van der Waals surface area contributed by atoms with Crippen LogP contribution < -0.4 is 5.73 Å². The number of carboxylic acid groups (broad SMARTS) is 1. The fourth-order valence-corrected chi connectivity index (χ4v) is 0.924. The summed E-state index contributed by atoms with van der Waals surface area (Å²) in [6.07, 6.45) is 0. The Labute approximate surface area is 68.8 Å². The number of hydroxylamine groups is 2. The number of rotatable bonds is 3. The molecule has 1 fully saturated rings. The molecule has 1 rings (SSSR count). The number of nitrogens with zero attached hydrogens (tertiary/aromatic N) is 1. The van der Waals surface area contributed by atoms with Gasteiger partial charge in [0.1, 0.15) is 6.04 Å². The molecule has 1 heterocycles. The van der Waals surface area contributed by atoms with E-state index in [-0.39, 0.29) is 11.9 Å². The van der Waals surface area contributed by atoms with E-state index in [1.54, 1.807) is 6.92 Å². The topological polar surface area (TPSA) is 92.9 Å². The van der Waals surface area contributed by atoms with Crippen LogP contribution in [0, 0.1) is 0 Å². The first-order valence-electron chi connectivity index (χ1n) is 3.47. The van der Waals surface area contributed by atoms with Crippen LogP contribution in [0.3, 0.4) is 0 Å². The zero-order chi connectivity index (χ0) is 9.30. The number of carbonyl (C=O) groups is 2. The van der Waals surface area contributed by atoms with Gasteiger partial charge in [-0.15, -0.1) is 0 Å². The van der Waals surface area contributed by atoms with E-state index in [2.05, 4.69) is 4.84 Å². The molecule has 68 valence electrons. The summed E-state index contributed by atoms with van der Waals surface area (Å²) in [4.78, 5) is 25.6. The Morgan fingerprint density at radius 2 is 2.42 bits per heavy atom. The van der Waals surface area contributed by atoms with Gasteiger partial charge in [-0.25, -0.2) is 9.86 Å². The second-order valence-corrected chi connectivity index (χ2v) is 2.60. The number of hydrogen-bond donors (Lipinski definition) is 2. The van der Waals surface area contributed by atoms with E-state index in [1.165, 1.54) is 0 Å². The number of amides is 1. The molecule has 1 saturated heterocycles. The number of aliphatic carboxylic acids is 1. The summed E-state index contributed by atoms with van der Waals surface area (Å²) in [6.45, 7) is 1.18. The second-order valence-electron chi connectivity index (χ2n) is 2.60. The maximum Gasteiger partial charge on any atom is 0.332 e. The first-order valence-corrected chi connectivity index (χ1v) is 3.47. The van der Waals surface area contributed by atoms with Gasteiger partial charge in [-0.05, 0) is 6.92 Å². The summed E-state index contributed by atoms with van der Waals surface area (Å²) >= 11 is 0. The predicted octanol–water partition coefficient (Wildman–Crippen LogP) is -1.44. The fourth-order valence-electron chi connectivity index (χ4n) is 0.924. The molecule has 1 amide bonds. The quantitative estimate of drug-likeness (QED) is 0.511. The van der Waals surface area contributed by atoms with Crippen LogP contribution in [0.2, 0.25) is 0 Å². The molecule has 1 aliphatic rings. The minimum atomic E-state index is -1.12. The smallest absolute Gasteiger partial charge is 0.332 e. The molecular weight excluding hydrogens is 164 g/mol. The van der Waals surface area contributed by atoms with Crippen molar-refractivity contribution in [3.63, 3.8) is 0 Å². The van der Waals surface area contributed by atoms with Gasteiger partial charge in [-0.3, -0.25) is 9.63 Å². The Morgan fingerprint density at radius 3 is 2.83 bits per heavy atom.